The van der Waals surface area contributed by atoms with E-state index in [0.717, 1.165) is 51.0 Å². The van der Waals surface area contributed by atoms with Gasteiger partial charge in [0.2, 0.25) is 5.91 Å². The van der Waals surface area contributed by atoms with Crippen molar-refractivity contribution in [2.24, 2.45) is 11.8 Å². The first-order valence-electron chi connectivity index (χ1n) is 8.91. The second-order valence-electron chi connectivity index (χ2n) is 7.13. The number of nitrogens with zero attached hydrogens (tertiary/aromatic N) is 2. The van der Waals surface area contributed by atoms with Gasteiger partial charge in [-0.05, 0) is 56.0 Å². The van der Waals surface area contributed by atoms with E-state index in [9.17, 15) is 9.18 Å². The summed E-state index contributed by atoms with van der Waals surface area (Å²) in [5.74, 6) is 0.682. The molecule has 3 rings (SSSR count). The summed E-state index contributed by atoms with van der Waals surface area (Å²) in [7, 11) is 1.92. The summed E-state index contributed by atoms with van der Waals surface area (Å²) in [6.07, 6.45) is 3.04. The van der Waals surface area contributed by atoms with Gasteiger partial charge in [0.1, 0.15) is 5.82 Å². The zero-order valence-electron chi connectivity index (χ0n) is 14.4. The molecule has 1 unspecified atom stereocenters. The highest BCUT2D eigenvalue weighted by Crippen LogP contribution is 2.22. The predicted octanol–water partition coefficient (Wildman–Crippen LogP) is 2.53. The fourth-order valence-corrected chi connectivity index (χ4v) is 3.74. The van der Waals surface area contributed by atoms with Crippen LogP contribution < -0.4 is 0 Å². The Kier molecular flexibility index (Phi) is 5.85. The monoisotopic (exact) mass is 334 g/mol. The number of ether oxygens (including phenoxy) is 1. The van der Waals surface area contributed by atoms with Crippen molar-refractivity contribution in [1.29, 1.82) is 0 Å². The van der Waals surface area contributed by atoms with Crippen molar-refractivity contribution in [1.82, 2.24) is 9.80 Å². The Hall–Kier alpha value is -1.46. The van der Waals surface area contributed by atoms with Crippen LogP contribution in [0.2, 0.25) is 0 Å². The van der Waals surface area contributed by atoms with Crippen LogP contribution in [0, 0.1) is 17.7 Å². The van der Waals surface area contributed by atoms with E-state index in [1.165, 1.54) is 6.07 Å². The van der Waals surface area contributed by atoms with E-state index in [1.54, 1.807) is 12.1 Å². The fraction of sp³-hybridized carbons (Fsp3) is 0.632. The minimum absolute atomic E-state index is 0.0584. The van der Waals surface area contributed by atoms with Crippen molar-refractivity contribution < 1.29 is 13.9 Å². The van der Waals surface area contributed by atoms with E-state index >= 15 is 0 Å². The minimum Gasteiger partial charge on any atom is -0.381 e. The van der Waals surface area contributed by atoms with Gasteiger partial charge in [-0.3, -0.25) is 9.69 Å². The van der Waals surface area contributed by atoms with Gasteiger partial charge in [-0.25, -0.2) is 4.39 Å². The molecule has 2 aliphatic rings. The highest BCUT2D eigenvalue weighted by Gasteiger charge is 2.28. The van der Waals surface area contributed by atoms with Crippen LogP contribution in [0.3, 0.4) is 0 Å². The first kappa shape index (κ1) is 17.4. The van der Waals surface area contributed by atoms with Crippen LogP contribution in [0.5, 0.6) is 0 Å². The summed E-state index contributed by atoms with van der Waals surface area (Å²) in [6, 6.07) is 6.84. The second-order valence-corrected chi connectivity index (χ2v) is 7.13. The summed E-state index contributed by atoms with van der Waals surface area (Å²) in [5.41, 5.74) is 1.03. The number of hydrogen-bond donors (Lipinski definition) is 0. The van der Waals surface area contributed by atoms with Crippen molar-refractivity contribution in [2.75, 3.05) is 39.9 Å². The maximum absolute atomic E-state index is 13.3. The topological polar surface area (TPSA) is 32.8 Å². The molecule has 24 heavy (non-hydrogen) atoms. The molecule has 132 valence electrons. The third-order valence-corrected chi connectivity index (χ3v) is 5.19. The summed E-state index contributed by atoms with van der Waals surface area (Å²) in [4.78, 5) is 16.6. The van der Waals surface area contributed by atoms with Gasteiger partial charge in [0.15, 0.2) is 0 Å². The Morgan fingerprint density at radius 3 is 2.79 bits per heavy atom. The van der Waals surface area contributed by atoms with E-state index in [-0.39, 0.29) is 17.6 Å². The molecule has 0 saturated carbocycles. The standard InChI is InChI=1S/C19H27FN2O2/c1-21(19(23)17-7-10-24-14-17)12-15-5-8-22(9-6-15)13-16-3-2-4-18(20)11-16/h2-4,11,15,17H,5-10,12-14H2,1H3. The maximum Gasteiger partial charge on any atom is 0.227 e. The number of likely N-dealkylation sites (tertiary alicyclic amines) is 1. The maximum atomic E-state index is 13.3. The summed E-state index contributed by atoms with van der Waals surface area (Å²) in [6.45, 7) is 4.95. The molecule has 0 spiro atoms. The lowest BCUT2D eigenvalue weighted by Crippen LogP contribution is -2.41. The largest absolute Gasteiger partial charge is 0.381 e. The average molecular weight is 334 g/mol. The predicted molar refractivity (Wildman–Crippen MR) is 91.0 cm³/mol. The fourth-order valence-electron chi connectivity index (χ4n) is 3.74. The van der Waals surface area contributed by atoms with Crippen LogP contribution >= 0.6 is 0 Å². The number of halogens is 1. The molecule has 0 bridgehead atoms. The third kappa shape index (κ3) is 4.54. The van der Waals surface area contributed by atoms with Crippen molar-refractivity contribution in [3.05, 3.63) is 35.6 Å². The Morgan fingerprint density at radius 1 is 1.33 bits per heavy atom. The van der Waals surface area contributed by atoms with Crippen molar-refractivity contribution >= 4 is 5.91 Å². The van der Waals surface area contributed by atoms with E-state index in [2.05, 4.69) is 4.90 Å². The van der Waals surface area contributed by atoms with E-state index in [0.29, 0.717) is 19.1 Å². The summed E-state index contributed by atoms with van der Waals surface area (Å²) < 4.78 is 18.6. The molecule has 0 radical (unpaired) electrons. The Bertz CT molecular complexity index is 552. The van der Waals surface area contributed by atoms with Crippen LogP contribution in [0.25, 0.3) is 0 Å². The zero-order valence-corrected chi connectivity index (χ0v) is 14.4. The number of carbonyl (C=O) groups excluding carboxylic acids is 1. The summed E-state index contributed by atoms with van der Waals surface area (Å²) >= 11 is 0. The SMILES string of the molecule is CN(CC1CCN(Cc2cccc(F)c2)CC1)C(=O)C1CCOC1. The van der Waals surface area contributed by atoms with Gasteiger partial charge >= 0.3 is 0 Å². The van der Waals surface area contributed by atoms with Crippen molar-refractivity contribution in [3.63, 3.8) is 0 Å². The lowest BCUT2D eigenvalue weighted by Gasteiger charge is -2.34. The van der Waals surface area contributed by atoms with Crippen LogP contribution in [0.15, 0.2) is 24.3 Å². The van der Waals surface area contributed by atoms with Gasteiger partial charge in [0.25, 0.3) is 0 Å². The zero-order chi connectivity index (χ0) is 16.9. The first-order valence-corrected chi connectivity index (χ1v) is 8.91. The molecule has 2 heterocycles. The van der Waals surface area contributed by atoms with Gasteiger partial charge in [0, 0.05) is 26.7 Å². The lowest BCUT2D eigenvalue weighted by molar-refractivity contribution is -0.134. The van der Waals surface area contributed by atoms with Gasteiger partial charge in [0.05, 0.1) is 12.5 Å². The normalized spacial score (nSPS) is 22.7. The minimum atomic E-state index is -0.168. The highest BCUT2D eigenvalue weighted by atomic mass is 19.1. The molecule has 0 N–H and O–H groups in total. The molecule has 1 amide bonds. The molecular weight excluding hydrogens is 307 g/mol. The van der Waals surface area contributed by atoms with Gasteiger partial charge < -0.3 is 9.64 Å². The molecular formula is C19H27FN2O2. The molecule has 2 fully saturated rings. The van der Waals surface area contributed by atoms with Crippen LogP contribution in [-0.2, 0) is 16.1 Å². The van der Waals surface area contributed by atoms with Crippen LogP contribution in [-0.4, -0.2) is 55.6 Å². The third-order valence-electron chi connectivity index (χ3n) is 5.19. The van der Waals surface area contributed by atoms with Crippen LogP contribution in [0.1, 0.15) is 24.8 Å². The molecule has 1 aromatic carbocycles. The van der Waals surface area contributed by atoms with Gasteiger partial charge in [-0.1, -0.05) is 12.1 Å². The second kappa shape index (κ2) is 8.08. The quantitative estimate of drug-likeness (QED) is 0.829. The van der Waals surface area contributed by atoms with E-state index in [4.69, 9.17) is 4.74 Å². The molecule has 2 aliphatic heterocycles. The number of hydrogen-bond acceptors (Lipinski definition) is 3. The Balaban J connectivity index is 1.42. The number of amides is 1. The average Bonchev–Trinajstić information content (AvgIpc) is 3.10. The Labute approximate surface area is 143 Å². The number of piperidine rings is 1. The first-order chi connectivity index (χ1) is 11.6. The molecule has 1 aromatic rings. The van der Waals surface area contributed by atoms with E-state index < -0.39 is 0 Å². The molecule has 0 aromatic heterocycles. The number of rotatable bonds is 5. The molecule has 1 atom stereocenters. The lowest BCUT2D eigenvalue weighted by atomic mass is 9.95. The molecule has 5 heteroatoms. The molecule has 2 saturated heterocycles. The highest BCUT2D eigenvalue weighted by molar-refractivity contribution is 5.78. The number of benzene rings is 1. The molecule has 4 nitrogen and oxygen atoms in total. The van der Waals surface area contributed by atoms with E-state index in [1.807, 2.05) is 18.0 Å². The van der Waals surface area contributed by atoms with Crippen molar-refractivity contribution in [2.45, 2.75) is 25.8 Å². The molecule has 0 aliphatic carbocycles. The summed E-state index contributed by atoms with van der Waals surface area (Å²) in [5, 5.41) is 0. The van der Waals surface area contributed by atoms with Gasteiger partial charge in [-0.15, -0.1) is 0 Å². The van der Waals surface area contributed by atoms with Gasteiger partial charge in [-0.2, -0.15) is 0 Å². The van der Waals surface area contributed by atoms with Crippen LogP contribution in [0.4, 0.5) is 4.39 Å². The smallest absolute Gasteiger partial charge is 0.227 e. The Morgan fingerprint density at radius 2 is 2.12 bits per heavy atom. The van der Waals surface area contributed by atoms with Crippen molar-refractivity contribution in [3.8, 4) is 0 Å². The number of carbonyl (C=O) groups is 1.